The SMILES string of the molecule is O=C(NC12CC(C(=O)O)(C1)C2(F)F)C(F)(F)F. The summed E-state index contributed by atoms with van der Waals surface area (Å²) in [4.78, 5) is 21.1. The topological polar surface area (TPSA) is 66.4 Å². The summed E-state index contributed by atoms with van der Waals surface area (Å²) in [5.41, 5.74) is -4.66. The largest absolute Gasteiger partial charge is 0.481 e. The summed E-state index contributed by atoms with van der Waals surface area (Å²) < 4.78 is 62.3. The summed E-state index contributed by atoms with van der Waals surface area (Å²) in [6.07, 6.45) is -6.61. The van der Waals surface area contributed by atoms with Crippen LogP contribution in [0.25, 0.3) is 0 Å². The maximum Gasteiger partial charge on any atom is 0.471 e. The molecule has 0 aromatic carbocycles. The van der Waals surface area contributed by atoms with Crippen LogP contribution in [0.5, 0.6) is 0 Å². The van der Waals surface area contributed by atoms with Crippen molar-refractivity contribution in [3.05, 3.63) is 0 Å². The van der Waals surface area contributed by atoms with E-state index >= 15 is 0 Å². The van der Waals surface area contributed by atoms with Crippen LogP contribution in [0.4, 0.5) is 22.0 Å². The third-order valence-electron chi connectivity index (χ3n) is 3.43. The number of amides is 1. The van der Waals surface area contributed by atoms with Gasteiger partial charge in [-0.2, -0.15) is 13.2 Å². The molecule has 0 saturated heterocycles. The Balaban J connectivity index is 2.13. The van der Waals surface area contributed by atoms with Crippen molar-refractivity contribution in [3.8, 4) is 0 Å². The van der Waals surface area contributed by atoms with Crippen LogP contribution >= 0.6 is 0 Å². The molecule has 0 radical (unpaired) electrons. The zero-order valence-electron chi connectivity index (χ0n) is 8.07. The van der Waals surface area contributed by atoms with Gasteiger partial charge in [-0.1, -0.05) is 0 Å². The molecule has 0 aromatic rings. The number of alkyl halides is 5. The van der Waals surface area contributed by atoms with E-state index in [0.29, 0.717) is 0 Å². The molecule has 96 valence electrons. The van der Waals surface area contributed by atoms with E-state index in [1.807, 2.05) is 0 Å². The molecule has 17 heavy (non-hydrogen) atoms. The maximum absolute atomic E-state index is 13.3. The second-order valence-electron chi connectivity index (χ2n) is 4.35. The summed E-state index contributed by atoms with van der Waals surface area (Å²) in [6.45, 7) is 0. The first-order valence-electron chi connectivity index (χ1n) is 4.49. The Morgan fingerprint density at radius 1 is 1.18 bits per heavy atom. The first-order valence-corrected chi connectivity index (χ1v) is 4.49. The summed E-state index contributed by atoms with van der Waals surface area (Å²) in [5.74, 6) is -8.08. The van der Waals surface area contributed by atoms with Crippen molar-refractivity contribution >= 4 is 11.9 Å². The zero-order chi connectivity index (χ0) is 13.3. The number of carbonyl (C=O) groups excluding carboxylic acids is 1. The standard InChI is InChI=1S/C8H6F5NO3/c9-7(10,11)3(15)14-6-1-5(2-6,4(16)17)8(6,12)13/h1-2H2,(H,14,15)(H,16,17). The normalized spacial score (nSPS) is 37.7. The second-order valence-corrected chi connectivity index (χ2v) is 4.35. The first-order chi connectivity index (χ1) is 7.49. The number of carboxylic acids is 1. The van der Waals surface area contributed by atoms with Crippen LogP contribution in [0, 0.1) is 5.41 Å². The quantitative estimate of drug-likeness (QED) is 0.724. The van der Waals surface area contributed by atoms with Gasteiger partial charge in [0.2, 0.25) is 0 Å². The highest BCUT2D eigenvalue weighted by Gasteiger charge is 2.92. The molecule has 1 amide bonds. The fourth-order valence-electron chi connectivity index (χ4n) is 2.41. The molecule has 2 bridgehead atoms. The van der Waals surface area contributed by atoms with Gasteiger partial charge in [0.05, 0.1) is 0 Å². The van der Waals surface area contributed by atoms with Gasteiger partial charge in [0.1, 0.15) is 11.0 Å². The highest BCUT2D eigenvalue weighted by molar-refractivity contribution is 5.88. The molecule has 2 N–H and O–H groups in total. The minimum Gasteiger partial charge on any atom is -0.481 e. The summed E-state index contributed by atoms with van der Waals surface area (Å²) in [5, 5.41) is 9.75. The van der Waals surface area contributed by atoms with Gasteiger partial charge in [-0.3, -0.25) is 9.59 Å². The van der Waals surface area contributed by atoms with Crippen LogP contribution < -0.4 is 5.32 Å². The fourth-order valence-corrected chi connectivity index (χ4v) is 2.41. The molecule has 3 fully saturated rings. The molecular formula is C8H6F5NO3. The van der Waals surface area contributed by atoms with Crippen molar-refractivity contribution in [2.75, 3.05) is 0 Å². The summed E-state index contributed by atoms with van der Waals surface area (Å²) >= 11 is 0. The smallest absolute Gasteiger partial charge is 0.471 e. The lowest BCUT2D eigenvalue weighted by Crippen LogP contribution is -2.91. The van der Waals surface area contributed by atoms with Gasteiger partial charge in [0, 0.05) is 0 Å². The molecule has 0 heterocycles. The molecule has 3 aliphatic carbocycles. The summed E-state index contributed by atoms with van der Waals surface area (Å²) in [7, 11) is 0. The maximum atomic E-state index is 13.3. The average molecular weight is 259 g/mol. The molecule has 0 aliphatic heterocycles. The van der Waals surface area contributed by atoms with Crippen molar-refractivity contribution in [1.29, 1.82) is 0 Å². The number of carboxylic acid groups (broad SMARTS) is 1. The number of hydrogen-bond acceptors (Lipinski definition) is 2. The Bertz CT molecular complexity index is 410. The van der Waals surface area contributed by atoms with Crippen LogP contribution in [-0.4, -0.2) is 34.6 Å². The number of hydrogen-bond donors (Lipinski definition) is 2. The second kappa shape index (κ2) is 2.70. The molecule has 0 atom stereocenters. The molecule has 0 unspecified atom stereocenters. The lowest BCUT2D eigenvalue weighted by molar-refractivity contribution is -0.359. The van der Waals surface area contributed by atoms with E-state index < -0.39 is 47.8 Å². The molecular weight excluding hydrogens is 253 g/mol. The van der Waals surface area contributed by atoms with Crippen molar-refractivity contribution in [1.82, 2.24) is 5.32 Å². The molecule has 3 aliphatic rings. The van der Waals surface area contributed by atoms with Crippen LogP contribution in [0.3, 0.4) is 0 Å². The van der Waals surface area contributed by atoms with Gasteiger partial charge in [0.15, 0.2) is 0 Å². The van der Waals surface area contributed by atoms with E-state index in [1.165, 1.54) is 5.32 Å². The van der Waals surface area contributed by atoms with E-state index in [2.05, 4.69) is 0 Å². The molecule has 3 saturated carbocycles. The lowest BCUT2D eigenvalue weighted by atomic mass is 9.36. The molecule has 4 nitrogen and oxygen atoms in total. The van der Waals surface area contributed by atoms with Crippen molar-refractivity contribution < 1.29 is 36.6 Å². The Morgan fingerprint density at radius 3 is 1.94 bits per heavy atom. The molecule has 0 aromatic heterocycles. The van der Waals surface area contributed by atoms with E-state index in [0.717, 1.165) is 0 Å². The van der Waals surface area contributed by atoms with Gasteiger partial charge < -0.3 is 10.4 Å². The van der Waals surface area contributed by atoms with Crippen molar-refractivity contribution in [2.24, 2.45) is 5.41 Å². The van der Waals surface area contributed by atoms with Crippen molar-refractivity contribution in [3.63, 3.8) is 0 Å². The predicted octanol–water partition coefficient (Wildman–Crippen LogP) is 0.917. The Hall–Kier alpha value is -1.41. The Kier molecular flexibility index (Phi) is 1.92. The van der Waals surface area contributed by atoms with Gasteiger partial charge in [-0.25, -0.2) is 8.78 Å². The number of aliphatic carboxylic acids is 1. The zero-order valence-corrected chi connectivity index (χ0v) is 8.07. The van der Waals surface area contributed by atoms with Gasteiger partial charge in [0.25, 0.3) is 5.92 Å². The van der Waals surface area contributed by atoms with E-state index in [4.69, 9.17) is 5.11 Å². The van der Waals surface area contributed by atoms with E-state index in [1.54, 1.807) is 0 Å². The van der Waals surface area contributed by atoms with Crippen LogP contribution in [-0.2, 0) is 9.59 Å². The minimum atomic E-state index is -5.26. The highest BCUT2D eigenvalue weighted by atomic mass is 19.4. The monoisotopic (exact) mass is 259 g/mol. The number of nitrogens with one attached hydrogen (secondary N) is 1. The number of halogens is 5. The number of rotatable bonds is 2. The van der Waals surface area contributed by atoms with E-state index in [9.17, 15) is 31.5 Å². The minimum absolute atomic E-state index is 0.676. The average Bonchev–Trinajstić information content (AvgIpc) is 2.07. The Morgan fingerprint density at radius 2 is 1.65 bits per heavy atom. The van der Waals surface area contributed by atoms with Gasteiger partial charge in [-0.05, 0) is 12.8 Å². The first kappa shape index (κ1) is 12.1. The summed E-state index contributed by atoms with van der Waals surface area (Å²) in [6, 6.07) is 0. The van der Waals surface area contributed by atoms with Crippen LogP contribution in [0.2, 0.25) is 0 Å². The third-order valence-corrected chi connectivity index (χ3v) is 3.43. The van der Waals surface area contributed by atoms with Crippen LogP contribution in [0.15, 0.2) is 0 Å². The fraction of sp³-hybridized carbons (Fsp3) is 0.750. The molecule has 9 heteroatoms. The molecule has 3 rings (SSSR count). The highest BCUT2D eigenvalue weighted by Crippen LogP contribution is 2.76. The lowest BCUT2D eigenvalue weighted by Gasteiger charge is -2.72. The Labute approximate surface area is 90.8 Å². The van der Waals surface area contributed by atoms with Crippen LogP contribution in [0.1, 0.15) is 12.8 Å². The number of carbonyl (C=O) groups is 2. The molecule has 0 spiro atoms. The van der Waals surface area contributed by atoms with Gasteiger partial charge >= 0.3 is 18.1 Å². The predicted molar refractivity (Wildman–Crippen MR) is 41.2 cm³/mol. The third kappa shape index (κ3) is 1.11. The van der Waals surface area contributed by atoms with Gasteiger partial charge in [-0.15, -0.1) is 0 Å². The van der Waals surface area contributed by atoms with E-state index in [-0.39, 0.29) is 0 Å². The van der Waals surface area contributed by atoms with Crippen molar-refractivity contribution in [2.45, 2.75) is 30.5 Å².